The van der Waals surface area contributed by atoms with E-state index in [1.165, 1.54) is 6.07 Å². The molecule has 0 saturated carbocycles. The Morgan fingerprint density at radius 2 is 2.19 bits per heavy atom. The summed E-state index contributed by atoms with van der Waals surface area (Å²) in [5, 5.41) is 13.9. The Morgan fingerprint density at radius 1 is 1.38 bits per heavy atom. The van der Waals surface area contributed by atoms with E-state index in [0.29, 0.717) is 13.0 Å². The zero-order chi connectivity index (χ0) is 14.4. The van der Waals surface area contributed by atoms with Crippen molar-refractivity contribution in [1.29, 1.82) is 0 Å². The van der Waals surface area contributed by atoms with Crippen LogP contribution in [-0.4, -0.2) is 35.4 Å². The number of rotatable bonds is 7. The van der Waals surface area contributed by atoms with Gasteiger partial charge in [0.15, 0.2) is 0 Å². The molecule has 1 aliphatic rings. The number of nitro groups is 1. The van der Waals surface area contributed by atoms with E-state index < -0.39 is 0 Å². The Labute approximate surface area is 130 Å². The lowest BCUT2D eigenvalue weighted by Crippen LogP contribution is -2.28. The van der Waals surface area contributed by atoms with Gasteiger partial charge in [0.05, 0.1) is 4.92 Å². The molecule has 0 unspecified atom stereocenters. The molecule has 1 aromatic rings. The molecule has 116 valence electrons. The molecule has 21 heavy (non-hydrogen) atoms. The maximum atomic E-state index is 11.4. The molecule has 1 aliphatic heterocycles. The number of carbonyl (C=O) groups excluding carboxylic acids is 1. The van der Waals surface area contributed by atoms with E-state index in [4.69, 9.17) is 0 Å². The normalized spacial score (nSPS) is 14.1. The van der Waals surface area contributed by atoms with E-state index in [0.717, 1.165) is 38.0 Å². The Bertz CT molecular complexity index is 496. The summed E-state index contributed by atoms with van der Waals surface area (Å²) >= 11 is 0. The van der Waals surface area contributed by atoms with Gasteiger partial charge in [0.25, 0.3) is 5.69 Å². The van der Waals surface area contributed by atoms with Gasteiger partial charge in [-0.25, -0.2) is 0 Å². The minimum absolute atomic E-state index is 0. The number of hydrogen-bond donors (Lipinski definition) is 1. The molecule has 0 aliphatic carbocycles. The van der Waals surface area contributed by atoms with Crippen LogP contribution in [0.25, 0.3) is 0 Å². The van der Waals surface area contributed by atoms with Gasteiger partial charge in [-0.15, -0.1) is 12.4 Å². The van der Waals surface area contributed by atoms with E-state index in [1.54, 1.807) is 12.1 Å². The van der Waals surface area contributed by atoms with Gasteiger partial charge in [-0.2, -0.15) is 0 Å². The second-order valence-electron chi connectivity index (χ2n) is 4.94. The Balaban J connectivity index is 0.00000220. The van der Waals surface area contributed by atoms with E-state index in [1.807, 2.05) is 11.0 Å². The lowest BCUT2D eigenvalue weighted by Gasteiger charge is -2.15. The summed E-state index contributed by atoms with van der Waals surface area (Å²) in [6.07, 6.45) is 2.56. The molecule has 0 aromatic heterocycles. The van der Waals surface area contributed by atoms with Gasteiger partial charge in [0.2, 0.25) is 5.91 Å². The number of hydrogen-bond acceptors (Lipinski definition) is 4. The minimum Gasteiger partial charge on any atom is -0.343 e. The first-order chi connectivity index (χ1) is 9.66. The maximum absolute atomic E-state index is 11.4. The fourth-order valence-electron chi connectivity index (χ4n) is 2.35. The number of likely N-dealkylation sites (tertiary alicyclic amines) is 1. The molecule has 1 amide bonds. The Hall–Kier alpha value is -1.66. The number of nitrogens with zero attached hydrogens (tertiary/aromatic N) is 2. The van der Waals surface area contributed by atoms with Crippen LogP contribution in [0.4, 0.5) is 5.69 Å². The molecule has 0 atom stereocenters. The summed E-state index contributed by atoms with van der Waals surface area (Å²) in [5.74, 6) is 0.253. The van der Waals surface area contributed by atoms with Crippen molar-refractivity contribution in [3.63, 3.8) is 0 Å². The number of benzene rings is 1. The van der Waals surface area contributed by atoms with Crippen LogP contribution < -0.4 is 5.32 Å². The molecule has 1 aromatic carbocycles. The van der Waals surface area contributed by atoms with Crippen LogP contribution in [0.3, 0.4) is 0 Å². The van der Waals surface area contributed by atoms with Crippen LogP contribution in [0.2, 0.25) is 0 Å². The van der Waals surface area contributed by atoms with E-state index >= 15 is 0 Å². The zero-order valence-corrected chi connectivity index (χ0v) is 12.6. The van der Waals surface area contributed by atoms with Gasteiger partial charge in [0, 0.05) is 38.2 Å². The Morgan fingerprint density at radius 3 is 2.86 bits per heavy atom. The molecule has 1 saturated heterocycles. The molecule has 0 spiro atoms. The summed E-state index contributed by atoms with van der Waals surface area (Å²) in [4.78, 5) is 23.6. The predicted molar refractivity (Wildman–Crippen MR) is 82.5 cm³/mol. The van der Waals surface area contributed by atoms with Crippen LogP contribution in [0, 0.1) is 10.1 Å². The third kappa shape index (κ3) is 5.32. The topological polar surface area (TPSA) is 75.5 Å². The minimum atomic E-state index is -0.386. The van der Waals surface area contributed by atoms with Gasteiger partial charge in [-0.1, -0.05) is 12.1 Å². The molecular weight excluding hydrogens is 294 g/mol. The van der Waals surface area contributed by atoms with E-state index in [2.05, 4.69) is 5.32 Å². The first kappa shape index (κ1) is 17.4. The SMILES string of the molecule is Cl.O=C1CCCN1CCCNCc1cccc([N+](=O)[O-])c1. The van der Waals surface area contributed by atoms with Crippen molar-refractivity contribution in [3.8, 4) is 0 Å². The molecular formula is C14H20ClN3O3. The largest absolute Gasteiger partial charge is 0.343 e. The average Bonchev–Trinajstić information content (AvgIpc) is 2.84. The predicted octanol–water partition coefficient (Wildman–Crippen LogP) is 2.12. The number of halogens is 1. The quantitative estimate of drug-likeness (QED) is 0.475. The zero-order valence-electron chi connectivity index (χ0n) is 11.8. The molecule has 1 heterocycles. The lowest BCUT2D eigenvalue weighted by molar-refractivity contribution is -0.384. The molecule has 1 N–H and O–H groups in total. The summed E-state index contributed by atoms with van der Waals surface area (Å²) in [6.45, 7) is 3.08. The highest BCUT2D eigenvalue weighted by Gasteiger charge is 2.18. The third-order valence-electron chi connectivity index (χ3n) is 3.40. The van der Waals surface area contributed by atoms with Crippen molar-refractivity contribution in [2.24, 2.45) is 0 Å². The third-order valence-corrected chi connectivity index (χ3v) is 3.40. The summed E-state index contributed by atoms with van der Waals surface area (Å²) in [5.41, 5.74) is 1.02. The summed E-state index contributed by atoms with van der Waals surface area (Å²) in [6, 6.07) is 6.63. The van der Waals surface area contributed by atoms with Crippen LogP contribution >= 0.6 is 12.4 Å². The number of nitrogens with one attached hydrogen (secondary N) is 1. The van der Waals surface area contributed by atoms with E-state index in [9.17, 15) is 14.9 Å². The molecule has 0 bridgehead atoms. The molecule has 7 heteroatoms. The van der Waals surface area contributed by atoms with Gasteiger partial charge in [-0.05, 0) is 24.9 Å². The second kappa shape index (κ2) is 8.59. The number of nitro benzene ring substituents is 1. The van der Waals surface area contributed by atoms with Crippen molar-refractivity contribution in [2.75, 3.05) is 19.6 Å². The first-order valence-corrected chi connectivity index (χ1v) is 6.88. The van der Waals surface area contributed by atoms with Gasteiger partial charge in [0.1, 0.15) is 0 Å². The van der Waals surface area contributed by atoms with Crippen LogP contribution in [-0.2, 0) is 11.3 Å². The summed E-state index contributed by atoms with van der Waals surface area (Å²) in [7, 11) is 0. The first-order valence-electron chi connectivity index (χ1n) is 6.88. The smallest absolute Gasteiger partial charge is 0.269 e. The highest BCUT2D eigenvalue weighted by atomic mass is 35.5. The lowest BCUT2D eigenvalue weighted by atomic mass is 10.2. The average molecular weight is 314 g/mol. The highest BCUT2D eigenvalue weighted by molar-refractivity contribution is 5.85. The monoisotopic (exact) mass is 313 g/mol. The van der Waals surface area contributed by atoms with Gasteiger partial charge < -0.3 is 10.2 Å². The number of amides is 1. The molecule has 0 radical (unpaired) electrons. The number of non-ortho nitro benzene ring substituents is 1. The number of carbonyl (C=O) groups is 1. The van der Waals surface area contributed by atoms with Crippen molar-refractivity contribution in [3.05, 3.63) is 39.9 Å². The standard InChI is InChI=1S/C14H19N3O3.ClH/c18-14-6-2-8-16(14)9-3-7-15-11-12-4-1-5-13(10-12)17(19)20;/h1,4-5,10,15H,2-3,6-9,11H2;1H. The van der Waals surface area contributed by atoms with Crippen LogP contribution in [0.1, 0.15) is 24.8 Å². The fourth-order valence-corrected chi connectivity index (χ4v) is 2.35. The second-order valence-corrected chi connectivity index (χ2v) is 4.94. The van der Waals surface area contributed by atoms with Gasteiger partial charge >= 0.3 is 0 Å². The fraction of sp³-hybridized carbons (Fsp3) is 0.500. The Kier molecular flexibility index (Phi) is 7.11. The van der Waals surface area contributed by atoms with Crippen LogP contribution in [0.5, 0.6) is 0 Å². The maximum Gasteiger partial charge on any atom is 0.269 e. The van der Waals surface area contributed by atoms with Crippen molar-refractivity contribution in [1.82, 2.24) is 10.2 Å². The van der Waals surface area contributed by atoms with Crippen LogP contribution in [0.15, 0.2) is 24.3 Å². The molecule has 1 fully saturated rings. The van der Waals surface area contributed by atoms with Crippen molar-refractivity contribution < 1.29 is 9.72 Å². The van der Waals surface area contributed by atoms with Crippen molar-refractivity contribution >= 4 is 24.0 Å². The van der Waals surface area contributed by atoms with E-state index in [-0.39, 0.29) is 28.9 Å². The highest BCUT2D eigenvalue weighted by Crippen LogP contribution is 2.13. The van der Waals surface area contributed by atoms with Gasteiger partial charge in [-0.3, -0.25) is 14.9 Å². The molecule has 2 rings (SSSR count). The molecule has 6 nitrogen and oxygen atoms in total. The van der Waals surface area contributed by atoms with Crippen molar-refractivity contribution in [2.45, 2.75) is 25.8 Å². The summed E-state index contributed by atoms with van der Waals surface area (Å²) < 4.78 is 0.